The van der Waals surface area contributed by atoms with E-state index in [2.05, 4.69) is 17.6 Å². The fourth-order valence-corrected chi connectivity index (χ4v) is 1.92. The maximum atomic E-state index is 11.9. The first-order valence-corrected chi connectivity index (χ1v) is 5.34. The largest absolute Gasteiger partial charge is 0.326 e. The molecule has 2 rings (SSSR count). The Morgan fingerprint density at radius 2 is 2.07 bits per heavy atom. The normalized spacial score (nSPS) is 25.1. The molecule has 3 nitrogen and oxygen atoms in total. The summed E-state index contributed by atoms with van der Waals surface area (Å²) >= 11 is 0. The van der Waals surface area contributed by atoms with E-state index in [9.17, 15) is 4.79 Å². The van der Waals surface area contributed by atoms with Crippen LogP contribution in [0, 0.1) is 11.8 Å². The van der Waals surface area contributed by atoms with Crippen molar-refractivity contribution in [2.24, 2.45) is 11.8 Å². The van der Waals surface area contributed by atoms with Crippen LogP contribution in [-0.2, 0) is 4.79 Å². The highest BCUT2D eigenvalue weighted by Crippen LogP contribution is 2.18. The number of hydrogen-bond donors (Lipinski definition) is 2. The quantitative estimate of drug-likeness (QED) is 0.766. The highest BCUT2D eigenvalue weighted by Gasteiger charge is 2.29. The highest BCUT2D eigenvalue weighted by atomic mass is 16.1. The molecule has 1 fully saturated rings. The molecule has 0 aliphatic carbocycles. The van der Waals surface area contributed by atoms with E-state index in [1.807, 2.05) is 30.3 Å². The van der Waals surface area contributed by atoms with Crippen LogP contribution in [0.2, 0.25) is 0 Å². The van der Waals surface area contributed by atoms with Crippen LogP contribution in [0.3, 0.4) is 0 Å². The fraction of sp³-hybridized carbons (Fsp3) is 0.417. The first-order chi connectivity index (χ1) is 7.27. The van der Waals surface area contributed by atoms with E-state index in [4.69, 9.17) is 0 Å². The van der Waals surface area contributed by atoms with Gasteiger partial charge in [-0.15, -0.1) is 0 Å². The van der Waals surface area contributed by atoms with Crippen LogP contribution in [0.15, 0.2) is 30.3 Å². The van der Waals surface area contributed by atoms with Gasteiger partial charge in [0.25, 0.3) is 0 Å². The minimum atomic E-state index is 0.102. The lowest BCUT2D eigenvalue weighted by atomic mass is 9.97. The predicted molar refractivity (Wildman–Crippen MR) is 60.6 cm³/mol. The van der Waals surface area contributed by atoms with Crippen molar-refractivity contribution in [2.45, 2.75) is 6.92 Å². The average molecular weight is 204 g/mol. The van der Waals surface area contributed by atoms with Gasteiger partial charge in [-0.2, -0.15) is 0 Å². The number of benzene rings is 1. The van der Waals surface area contributed by atoms with Crippen LogP contribution in [-0.4, -0.2) is 19.0 Å². The zero-order valence-corrected chi connectivity index (χ0v) is 8.86. The molecule has 0 radical (unpaired) electrons. The van der Waals surface area contributed by atoms with Gasteiger partial charge in [0.2, 0.25) is 5.91 Å². The third-order valence-corrected chi connectivity index (χ3v) is 2.90. The van der Waals surface area contributed by atoms with E-state index < -0.39 is 0 Å². The first kappa shape index (κ1) is 10.2. The maximum absolute atomic E-state index is 11.9. The molecule has 1 saturated heterocycles. The van der Waals surface area contributed by atoms with Gasteiger partial charge >= 0.3 is 0 Å². The Hall–Kier alpha value is -1.35. The molecule has 1 aliphatic heterocycles. The van der Waals surface area contributed by atoms with E-state index in [1.165, 1.54) is 0 Å². The Balaban J connectivity index is 1.98. The summed E-state index contributed by atoms with van der Waals surface area (Å²) in [6, 6.07) is 9.60. The summed E-state index contributed by atoms with van der Waals surface area (Å²) in [4.78, 5) is 11.9. The van der Waals surface area contributed by atoms with Crippen LogP contribution in [0.1, 0.15) is 6.92 Å². The van der Waals surface area contributed by atoms with Gasteiger partial charge in [-0.05, 0) is 24.6 Å². The minimum Gasteiger partial charge on any atom is -0.326 e. The molecule has 80 valence electrons. The van der Waals surface area contributed by atoms with Gasteiger partial charge in [-0.3, -0.25) is 4.79 Å². The number of hydrogen-bond acceptors (Lipinski definition) is 2. The molecular formula is C12H16N2O. The lowest BCUT2D eigenvalue weighted by Gasteiger charge is -2.13. The molecule has 1 heterocycles. The maximum Gasteiger partial charge on any atom is 0.229 e. The van der Waals surface area contributed by atoms with Crippen LogP contribution in [0.5, 0.6) is 0 Å². The summed E-state index contributed by atoms with van der Waals surface area (Å²) in [6.45, 7) is 3.84. The van der Waals surface area contributed by atoms with Crippen molar-refractivity contribution in [3.8, 4) is 0 Å². The summed E-state index contributed by atoms with van der Waals surface area (Å²) in [5.74, 6) is 0.651. The molecule has 2 atom stereocenters. The number of rotatable bonds is 2. The highest BCUT2D eigenvalue weighted by molar-refractivity contribution is 5.93. The zero-order chi connectivity index (χ0) is 10.7. The van der Waals surface area contributed by atoms with E-state index in [-0.39, 0.29) is 11.8 Å². The number of amides is 1. The summed E-state index contributed by atoms with van der Waals surface area (Å²) in [7, 11) is 0. The van der Waals surface area contributed by atoms with Crippen molar-refractivity contribution < 1.29 is 4.79 Å². The summed E-state index contributed by atoms with van der Waals surface area (Å²) < 4.78 is 0. The van der Waals surface area contributed by atoms with E-state index in [1.54, 1.807) is 0 Å². The van der Waals surface area contributed by atoms with Gasteiger partial charge in [0.1, 0.15) is 0 Å². The summed E-state index contributed by atoms with van der Waals surface area (Å²) in [6.07, 6.45) is 0. The van der Waals surface area contributed by atoms with Gasteiger partial charge in [0.15, 0.2) is 0 Å². The van der Waals surface area contributed by atoms with E-state index >= 15 is 0 Å². The van der Waals surface area contributed by atoms with Crippen molar-refractivity contribution in [3.63, 3.8) is 0 Å². The second-order valence-electron chi connectivity index (χ2n) is 4.10. The van der Waals surface area contributed by atoms with Gasteiger partial charge in [-0.25, -0.2) is 0 Å². The molecule has 0 unspecified atom stereocenters. The lowest BCUT2D eigenvalue weighted by Crippen LogP contribution is -2.27. The Kier molecular flexibility index (Phi) is 3.02. The van der Waals surface area contributed by atoms with Crippen molar-refractivity contribution in [1.82, 2.24) is 5.32 Å². The topological polar surface area (TPSA) is 41.1 Å². The standard InChI is InChI=1S/C12H16N2O/c1-9-7-13-8-11(9)12(15)14-10-5-3-2-4-6-10/h2-6,9,11,13H,7-8H2,1H3,(H,14,15)/t9-,11-/m1/s1. The summed E-state index contributed by atoms with van der Waals surface area (Å²) in [5.41, 5.74) is 0.876. The fourth-order valence-electron chi connectivity index (χ4n) is 1.92. The van der Waals surface area contributed by atoms with Crippen LogP contribution in [0.4, 0.5) is 5.69 Å². The van der Waals surface area contributed by atoms with Crippen LogP contribution < -0.4 is 10.6 Å². The SMILES string of the molecule is C[C@@H]1CNC[C@H]1C(=O)Nc1ccccc1. The monoisotopic (exact) mass is 204 g/mol. The Bertz CT molecular complexity index is 337. The van der Waals surface area contributed by atoms with Gasteiger partial charge in [0.05, 0.1) is 5.92 Å². The predicted octanol–water partition coefficient (Wildman–Crippen LogP) is 1.48. The zero-order valence-electron chi connectivity index (χ0n) is 8.86. The molecule has 15 heavy (non-hydrogen) atoms. The van der Waals surface area contributed by atoms with Crippen LogP contribution in [0.25, 0.3) is 0 Å². The smallest absolute Gasteiger partial charge is 0.229 e. The molecule has 0 spiro atoms. The first-order valence-electron chi connectivity index (χ1n) is 5.34. The molecule has 1 aromatic rings. The molecule has 1 aliphatic rings. The molecule has 3 heteroatoms. The van der Waals surface area contributed by atoms with E-state index in [0.717, 1.165) is 18.8 Å². The van der Waals surface area contributed by atoms with Crippen molar-refractivity contribution >= 4 is 11.6 Å². The van der Waals surface area contributed by atoms with Gasteiger partial charge in [0, 0.05) is 12.2 Å². The molecular weight excluding hydrogens is 188 g/mol. The van der Waals surface area contributed by atoms with E-state index in [0.29, 0.717) is 5.92 Å². The average Bonchev–Trinajstić information content (AvgIpc) is 2.66. The molecule has 0 aromatic heterocycles. The minimum absolute atomic E-state index is 0.102. The molecule has 0 bridgehead atoms. The number of anilines is 1. The molecule has 1 aromatic carbocycles. The van der Waals surface area contributed by atoms with Crippen molar-refractivity contribution in [1.29, 1.82) is 0 Å². The molecule has 1 amide bonds. The molecule has 2 N–H and O–H groups in total. The Morgan fingerprint density at radius 3 is 2.67 bits per heavy atom. The third kappa shape index (κ3) is 2.36. The van der Waals surface area contributed by atoms with Crippen molar-refractivity contribution in [3.05, 3.63) is 30.3 Å². The number of nitrogens with one attached hydrogen (secondary N) is 2. The van der Waals surface area contributed by atoms with Crippen molar-refractivity contribution in [2.75, 3.05) is 18.4 Å². The number of para-hydroxylation sites is 1. The molecule has 0 saturated carbocycles. The second-order valence-corrected chi connectivity index (χ2v) is 4.10. The second kappa shape index (κ2) is 4.45. The van der Waals surface area contributed by atoms with Crippen LogP contribution >= 0.6 is 0 Å². The summed E-state index contributed by atoms with van der Waals surface area (Å²) in [5, 5.41) is 6.16. The van der Waals surface area contributed by atoms with Gasteiger partial charge < -0.3 is 10.6 Å². The Morgan fingerprint density at radius 1 is 1.33 bits per heavy atom. The van der Waals surface area contributed by atoms with Gasteiger partial charge in [-0.1, -0.05) is 25.1 Å². The lowest BCUT2D eigenvalue weighted by molar-refractivity contribution is -0.120. The number of carbonyl (C=O) groups excluding carboxylic acids is 1. The third-order valence-electron chi connectivity index (χ3n) is 2.90. The number of carbonyl (C=O) groups is 1. The Labute approximate surface area is 89.9 Å².